The number of piperidine rings is 1. The van der Waals surface area contributed by atoms with E-state index >= 15 is 0 Å². The van der Waals surface area contributed by atoms with Crippen LogP contribution in [0.1, 0.15) is 57.9 Å². The topological polar surface area (TPSA) is 77.6 Å². The number of rotatable bonds is 6. The van der Waals surface area contributed by atoms with Gasteiger partial charge in [0.05, 0.1) is 13.1 Å². The van der Waals surface area contributed by atoms with Gasteiger partial charge in [-0.05, 0) is 65.0 Å². The van der Waals surface area contributed by atoms with Crippen molar-refractivity contribution in [3.05, 3.63) is 10.4 Å². The van der Waals surface area contributed by atoms with Gasteiger partial charge in [-0.1, -0.05) is 6.42 Å². The highest BCUT2D eigenvalue weighted by Gasteiger charge is 2.54. The maximum Gasteiger partial charge on any atom is 0.234 e. The van der Waals surface area contributed by atoms with E-state index < -0.39 is 0 Å². The van der Waals surface area contributed by atoms with Crippen molar-refractivity contribution in [3.63, 3.8) is 0 Å². The molecule has 3 heterocycles. The van der Waals surface area contributed by atoms with Crippen LogP contribution in [0.3, 0.4) is 0 Å². The van der Waals surface area contributed by atoms with Crippen molar-refractivity contribution in [2.45, 2.75) is 65.0 Å². The van der Waals surface area contributed by atoms with E-state index in [0.29, 0.717) is 12.4 Å². The number of hydrogen-bond acceptors (Lipinski definition) is 6. The van der Waals surface area contributed by atoms with Crippen molar-refractivity contribution in [1.82, 2.24) is 20.1 Å². The minimum atomic E-state index is -0.192. The number of carbonyl (C=O) groups excluding carboxylic acids is 2. The number of amides is 2. The number of aromatic nitrogens is 1. The lowest BCUT2D eigenvalue weighted by molar-refractivity contribution is -0.144. The zero-order chi connectivity index (χ0) is 21.4. The minimum absolute atomic E-state index is 0.0720. The fraction of sp³-hybridized carbons (Fsp3) is 0.773. The predicted molar refractivity (Wildman–Crippen MR) is 119 cm³/mol. The first-order valence-electron chi connectivity index (χ1n) is 11.2. The van der Waals surface area contributed by atoms with Gasteiger partial charge in [0.2, 0.25) is 11.8 Å². The predicted octanol–water partition coefficient (Wildman–Crippen LogP) is 2.69. The summed E-state index contributed by atoms with van der Waals surface area (Å²) >= 11 is 1.64. The van der Waals surface area contributed by atoms with Crippen molar-refractivity contribution in [2.75, 3.05) is 38.0 Å². The molecule has 2 saturated heterocycles. The third-order valence-corrected chi connectivity index (χ3v) is 7.17. The Kier molecular flexibility index (Phi) is 6.19. The third-order valence-electron chi connectivity index (χ3n) is 6.34. The molecule has 4 rings (SSSR count). The van der Waals surface area contributed by atoms with Gasteiger partial charge in [-0.15, -0.1) is 11.3 Å². The molecule has 30 heavy (non-hydrogen) atoms. The lowest BCUT2D eigenvalue weighted by Gasteiger charge is -2.58. The third kappa shape index (κ3) is 5.39. The van der Waals surface area contributed by atoms with Crippen LogP contribution in [0.5, 0.6) is 0 Å². The number of nitrogens with one attached hydrogen (secondary N) is 2. The first kappa shape index (κ1) is 21.7. The number of hydrogen-bond donors (Lipinski definition) is 2. The fourth-order valence-electron chi connectivity index (χ4n) is 5.08. The van der Waals surface area contributed by atoms with Crippen LogP contribution in [0.2, 0.25) is 0 Å². The molecule has 0 atom stereocenters. The first-order chi connectivity index (χ1) is 14.2. The Bertz CT molecular complexity index is 767. The average Bonchev–Trinajstić information content (AvgIpc) is 3.01. The molecule has 1 aliphatic carbocycles. The highest BCUT2D eigenvalue weighted by atomic mass is 32.1. The molecule has 166 valence electrons. The number of carbonyl (C=O) groups is 2. The summed E-state index contributed by atoms with van der Waals surface area (Å²) in [6, 6.07) is 0. The molecule has 0 radical (unpaired) electrons. The summed E-state index contributed by atoms with van der Waals surface area (Å²) in [5, 5.41) is 9.08. The second-order valence-electron chi connectivity index (χ2n) is 10.5. The van der Waals surface area contributed by atoms with Gasteiger partial charge in [0.1, 0.15) is 10.8 Å². The molecule has 0 unspecified atom stereocenters. The molecular formula is C22H35N5O2S. The summed E-state index contributed by atoms with van der Waals surface area (Å²) in [7, 11) is 0. The summed E-state index contributed by atoms with van der Waals surface area (Å²) in [4.78, 5) is 33.9. The van der Waals surface area contributed by atoms with Gasteiger partial charge >= 0.3 is 0 Å². The summed E-state index contributed by atoms with van der Waals surface area (Å²) in [5.41, 5.74) is 0.0497. The Morgan fingerprint density at radius 2 is 1.87 bits per heavy atom. The van der Waals surface area contributed by atoms with Gasteiger partial charge in [0.15, 0.2) is 0 Å². The second-order valence-corrected chi connectivity index (χ2v) is 11.4. The second kappa shape index (κ2) is 8.55. The van der Waals surface area contributed by atoms with Crippen molar-refractivity contribution >= 4 is 29.0 Å². The summed E-state index contributed by atoms with van der Waals surface area (Å²) < 4.78 is 0. The minimum Gasteiger partial charge on any atom is -0.350 e. The van der Waals surface area contributed by atoms with Crippen molar-refractivity contribution < 1.29 is 9.59 Å². The first-order valence-corrected chi connectivity index (χ1v) is 12.1. The number of anilines is 1. The lowest BCUT2D eigenvalue weighted by atomic mass is 9.57. The maximum absolute atomic E-state index is 12.6. The molecule has 0 aromatic carbocycles. The van der Waals surface area contributed by atoms with E-state index in [9.17, 15) is 9.59 Å². The molecule has 1 aromatic heterocycles. The highest BCUT2D eigenvalue weighted by Crippen LogP contribution is 2.52. The van der Waals surface area contributed by atoms with Crippen molar-refractivity contribution in [2.24, 2.45) is 11.3 Å². The van der Waals surface area contributed by atoms with Crippen LogP contribution < -0.4 is 10.6 Å². The average molecular weight is 434 g/mol. The van der Waals surface area contributed by atoms with E-state index in [4.69, 9.17) is 0 Å². The zero-order valence-corrected chi connectivity index (χ0v) is 19.3. The van der Waals surface area contributed by atoms with Gasteiger partial charge in [0.25, 0.3) is 0 Å². The molecule has 8 heteroatoms. The van der Waals surface area contributed by atoms with Crippen LogP contribution in [-0.4, -0.2) is 64.9 Å². The van der Waals surface area contributed by atoms with Gasteiger partial charge in [-0.25, -0.2) is 4.98 Å². The Morgan fingerprint density at radius 1 is 1.17 bits per heavy atom. The molecule has 0 bridgehead atoms. The van der Waals surface area contributed by atoms with Crippen LogP contribution in [-0.2, 0) is 16.1 Å². The highest BCUT2D eigenvalue weighted by molar-refractivity contribution is 7.10. The smallest absolute Gasteiger partial charge is 0.234 e. The Labute approximate surface area is 183 Å². The zero-order valence-electron chi connectivity index (χ0n) is 18.5. The molecular weight excluding hydrogens is 398 g/mol. The van der Waals surface area contributed by atoms with Gasteiger partial charge < -0.3 is 10.6 Å². The molecule has 1 spiro atoms. The standard InChI is InChI=1S/C22H35N5O2S/c1-21(2,3)25-18(28)11-27-14-22(15-27)9-16(10-22)20(29)24-17-13-30-19(23-17)12-26-7-5-4-6-8-26/h13,16H,4-12,14-15H2,1-3H3,(H,24,29)(H,25,28). The summed E-state index contributed by atoms with van der Waals surface area (Å²) in [5.74, 6) is 0.948. The number of likely N-dealkylation sites (tertiary alicyclic amines) is 2. The molecule has 2 N–H and O–H groups in total. The summed E-state index contributed by atoms with van der Waals surface area (Å²) in [6.07, 6.45) is 5.72. The molecule has 3 fully saturated rings. The number of thiazole rings is 1. The van der Waals surface area contributed by atoms with Crippen molar-refractivity contribution in [3.8, 4) is 0 Å². The van der Waals surface area contributed by atoms with E-state index in [1.807, 2.05) is 26.2 Å². The van der Waals surface area contributed by atoms with Gasteiger partial charge in [-0.3, -0.25) is 19.4 Å². The van der Waals surface area contributed by atoms with Crippen LogP contribution in [0.15, 0.2) is 5.38 Å². The molecule has 2 aliphatic heterocycles. The summed E-state index contributed by atoms with van der Waals surface area (Å²) in [6.45, 7) is 11.5. The van der Waals surface area contributed by atoms with Crippen LogP contribution in [0.4, 0.5) is 5.82 Å². The van der Waals surface area contributed by atoms with Gasteiger partial charge in [-0.2, -0.15) is 0 Å². The van der Waals surface area contributed by atoms with Crippen LogP contribution in [0, 0.1) is 11.3 Å². The molecule has 1 saturated carbocycles. The molecule has 3 aliphatic rings. The van der Waals surface area contributed by atoms with Gasteiger partial charge in [0, 0.05) is 29.9 Å². The molecule has 1 aromatic rings. The Balaban J connectivity index is 1.16. The van der Waals surface area contributed by atoms with Crippen LogP contribution >= 0.6 is 11.3 Å². The fourth-order valence-corrected chi connectivity index (χ4v) is 5.85. The van der Waals surface area contributed by atoms with E-state index in [1.54, 1.807) is 11.3 Å². The molecule has 7 nitrogen and oxygen atoms in total. The Morgan fingerprint density at radius 3 is 2.53 bits per heavy atom. The Hall–Kier alpha value is -1.51. The van der Waals surface area contributed by atoms with E-state index in [0.717, 1.165) is 50.6 Å². The SMILES string of the molecule is CC(C)(C)NC(=O)CN1CC2(CC(C(=O)Nc3csc(CN4CCCCC4)n3)C2)C1. The largest absolute Gasteiger partial charge is 0.350 e. The number of nitrogens with zero attached hydrogens (tertiary/aromatic N) is 3. The monoisotopic (exact) mass is 433 g/mol. The quantitative estimate of drug-likeness (QED) is 0.721. The van der Waals surface area contributed by atoms with E-state index in [-0.39, 0.29) is 28.7 Å². The maximum atomic E-state index is 12.6. The van der Waals surface area contributed by atoms with E-state index in [2.05, 4.69) is 25.4 Å². The lowest BCUT2D eigenvalue weighted by Crippen LogP contribution is -2.65. The van der Waals surface area contributed by atoms with Crippen LogP contribution in [0.25, 0.3) is 0 Å². The molecule has 2 amide bonds. The normalized spacial score (nSPS) is 22.4. The van der Waals surface area contributed by atoms with E-state index in [1.165, 1.54) is 19.3 Å². The van der Waals surface area contributed by atoms with Crippen molar-refractivity contribution in [1.29, 1.82) is 0 Å².